The van der Waals surface area contributed by atoms with Crippen LogP contribution in [0.2, 0.25) is 0 Å². The zero-order valence-electron chi connectivity index (χ0n) is 17.3. The lowest BCUT2D eigenvalue weighted by molar-refractivity contribution is 0.0304. The summed E-state index contributed by atoms with van der Waals surface area (Å²) in [7, 11) is 1.84. The Morgan fingerprint density at radius 3 is 2.97 bits per heavy atom. The summed E-state index contributed by atoms with van der Waals surface area (Å²) in [5.74, 6) is 2.37. The highest BCUT2D eigenvalue weighted by Gasteiger charge is 2.42. The fourth-order valence-corrected chi connectivity index (χ4v) is 5.42. The Bertz CT molecular complexity index is 785. The van der Waals surface area contributed by atoms with Crippen molar-refractivity contribution in [3.8, 4) is 0 Å². The molecule has 2 aromatic rings. The van der Waals surface area contributed by atoms with Crippen LogP contribution in [0.4, 0.5) is 5.82 Å². The van der Waals surface area contributed by atoms with E-state index in [0.29, 0.717) is 17.9 Å². The van der Waals surface area contributed by atoms with Gasteiger partial charge in [-0.25, -0.2) is 4.98 Å². The molecule has 4 heterocycles. The Balaban J connectivity index is 1.22. The summed E-state index contributed by atoms with van der Waals surface area (Å²) in [4.78, 5) is 7.04. The van der Waals surface area contributed by atoms with Crippen LogP contribution in [-0.2, 0) is 24.4 Å². The minimum absolute atomic E-state index is 0.243. The number of methoxy groups -OCH3 is 1. The molecule has 0 radical (unpaired) electrons. The van der Waals surface area contributed by atoms with Crippen LogP contribution < -0.4 is 10.6 Å². The Kier molecular flexibility index (Phi) is 5.52. The van der Waals surface area contributed by atoms with Gasteiger partial charge in [-0.05, 0) is 55.8 Å². The average molecular weight is 397 g/mol. The van der Waals surface area contributed by atoms with Crippen LogP contribution in [0.25, 0.3) is 0 Å². The number of hydrogen-bond acceptors (Lipinski definition) is 6. The van der Waals surface area contributed by atoms with Crippen molar-refractivity contribution in [3.05, 3.63) is 41.9 Å². The molecule has 0 unspecified atom stereocenters. The number of aryl methyl sites for hydroxylation is 1. The zero-order valence-corrected chi connectivity index (χ0v) is 17.3. The maximum Gasteiger partial charge on any atom is 0.126 e. The van der Waals surface area contributed by atoms with Crippen LogP contribution in [0.15, 0.2) is 30.5 Å². The van der Waals surface area contributed by atoms with E-state index in [1.54, 1.807) is 0 Å². The molecule has 2 aliphatic heterocycles. The molecule has 7 heteroatoms. The van der Waals surface area contributed by atoms with Gasteiger partial charge in [-0.2, -0.15) is 5.10 Å². The van der Waals surface area contributed by atoms with Crippen molar-refractivity contribution in [2.24, 2.45) is 11.8 Å². The van der Waals surface area contributed by atoms with E-state index in [1.165, 1.54) is 11.4 Å². The smallest absolute Gasteiger partial charge is 0.126 e. The molecule has 7 nitrogen and oxygen atoms in total. The average Bonchev–Trinajstić information content (AvgIpc) is 3.23. The predicted octanol–water partition coefficient (Wildman–Crippen LogP) is 2.11. The maximum atomic E-state index is 5.87. The van der Waals surface area contributed by atoms with Gasteiger partial charge in [-0.15, -0.1) is 0 Å². The second-order valence-electron chi connectivity index (χ2n) is 8.81. The van der Waals surface area contributed by atoms with E-state index < -0.39 is 0 Å². The number of ether oxygens (including phenoxy) is 1. The lowest BCUT2D eigenvalue weighted by atomic mass is 9.77. The fourth-order valence-electron chi connectivity index (χ4n) is 5.42. The number of rotatable bonds is 5. The second kappa shape index (κ2) is 8.42. The van der Waals surface area contributed by atoms with E-state index in [9.17, 15) is 0 Å². The molecule has 1 aliphatic carbocycles. The van der Waals surface area contributed by atoms with Gasteiger partial charge in [0.2, 0.25) is 0 Å². The second-order valence-corrected chi connectivity index (χ2v) is 8.81. The number of anilines is 1. The molecular weight excluding hydrogens is 364 g/mol. The Labute approximate surface area is 172 Å². The molecule has 1 saturated heterocycles. The zero-order chi connectivity index (χ0) is 19.6. The molecule has 0 amide bonds. The quantitative estimate of drug-likeness (QED) is 0.807. The third-order valence-corrected chi connectivity index (χ3v) is 6.82. The van der Waals surface area contributed by atoms with E-state index in [2.05, 4.69) is 31.3 Å². The van der Waals surface area contributed by atoms with Crippen LogP contribution in [0.5, 0.6) is 0 Å². The van der Waals surface area contributed by atoms with Gasteiger partial charge >= 0.3 is 0 Å². The van der Waals surface area contributed by atoms with Crippen molar-refractivity contribution in [2.45, 2.75) is 51.0 Å². The van der Waals surface area contributed by atoms with Gasteiger partial charge in [0, 0.05) is 46.0 Å². The summed E-state index contributed by atoms with van der Waals surface area (Å²) in [6.45, 7) is 6.33. The number of pyridine rings is 1. The van der Waals surface area contributed by atoms with Crippen LogP contribution in [0.3, 0.4) is 0 Å². The van der Waals surface area contributed by atoms with Crippen LogP contribution >= 0.6 is 0 Å². The summed E-state index contributed by atoms with van der Waals surface area (Å²) in [6, 6.07) is 8.64. The van der Waals surface area contributed by atoms with Gasteiger partial charge in [0.05, 0.1) is 23.5 Å². The molecule has 0 bridgehead atoms. The van der Waals surface area contributed by atoms with Gasteiger partial charge in [-0.3, -0.25) is 9.58 Å². The van der Waals surface area contributed by atoms with Crippen LogP contribution in [-0.4, -0.2) is 58.6 Å². The third kappa shape index (κ3) is 4.17. The number of nitrogens with zero attached hydrogens (tertiary/aromatic N) is 4. The molecule has 5 rings (SSSR count). The minimum atomic E-state index is 0.243. The number of likely N-dealkylation sites (tertiary alicyclic amines) is 1. The Morgan fingerprint density at radius 1 is 1.24 bits per heavy atom. The molecule has 1 saturated carbocycles. The first-order valence-electron chi connectivity index (χ1n) is 11.0. The molecule has 2 N–H and O–H groups in total. The first-order valence-corrected chi connectivity index (χ1v) is 11.0. The number of aromatic nitrogens is 3. The summed E-state index contributed by atoms with van der Waals surface area (Å²) in [6.07, 6.45) is 5.50. The largest absolute Gasteiger partial charge is 0.379 e. The predicted molar refractivity (Wildman–Crippen MR) is 112 cm³/mol. The van der Waals surface area contributed by atoms with Gasteiger partial charge in [0.15, 0.2) is 0 Å². The summed E-state index contributed by atoms with van der Waals surface area (Å²) >= 11 is 0. The van der Waals surface area contributed by atoms with Crippen LogP contribution in [0, 0.1) is 11.8 Å². The standard InChI is InChI=1S/C22H32N6O/c1-29-21-10-17-14-27(15-18-11-19-12-23-6-4-8-28(19)26-18)13-16(17)9-20(21)25-22-5-2-3-7-24-22/h2-3,5,7,11,16-17,20-21,23H,4,6,8-10,12-15H2,1H3,(H,24,25)/t16-,17+,20-,21-/m1/s1. The van der Waals surface area contributed by atoms with Gasteiger partial charge in [-0.1, -0.05) is 6.07 Å². The van der Waals surface area contributed by atoms with E-state index in [4.69, 9.17) is 9.84 Å². The number of nitrogens with one attached hydrogen (secondary N) is 2. The van der Waals surface area contributed by atoms with Crippen molar-refractivity contribution in [2.75, 3.05) is 32.1 Å². The SMILES string of the molecule is CO[C@@H]1C[C@H]2CN(Cc3cc4n(n3)CCCNC4)C[C@H]2C[C@H]1Nc1ccccn1. The minimum Gasteiger partial charge on any atom is -0.379 e. The monoisotopic (exact) mass is 396 g/mol. The van der Waals surface area contributed by atoms with E-state index >= 15 is 0 Å². The van der Waals surface area contributed by atoms with Crippen LogP contribution in [0.1, 0.15) is 30.7 Å². The Morgan fingerprint density at radius 2 is 2.14 bits per heavy atom. The first-order chi connectivity index (χ1) is 14.3. The normalized spacial score (nSPS) is 29.8. The van der Waals surface area contributed by atoms with E-state index in [0.717, 1.165) is 64.3 Å². The van der Waals surface area contributed by atoms with E-state index in [-0.39, 0.29) is 6.10 Å². The maximum absolute atomic E-state index is 5.87. The lowest BCUT2D eigenvalue weighted by Crippen LogP contribution is -2.44. The molecule has 0 aromatic carbocycles. The molecule has 29 heavy (non-hydrogen) atoms. The summed E-state index contributed by atoms with van der Waals surface area (Å²) in [5.41, 5.74) is 2.54. The van der Waals surface area contributed by atoms with Crippen molar-refractivity contribution in [1.29, 1.82) is 0 Å². The molecule has 2 fully saturated rings. The fraction of sp³-hybridized carbons (Fsp3) is 0.636. The van der Waals surface area contributed by atoms with Gasteiger partial charge in [0.1, 0.15) is 5.82 Å². The highest BCUT2D eigenvalue weighted by Crippen LogP contribution is 2.38. The first kappa shape index (κ1) is 19.0. The molecule has 3 aliphatic rings. The highest BCUT2D eigenvalue weighted by atomic mass is 16.5. The number of hydrogen-bond donors (Lipinski definition) is 2. The topological polar surface area (TPSA) is 67.2 Å². The Hall–Kier alpha value is -1.96. The number of fused-ring (bicyclic) bond motifs is 2. The molecular formula is C22H32N6O. The third-order valence-electron chi connectivity index (χ3n) is 6.82. The summed E-state index contributed by atoms with van der Waals surface area (Å²) in [5, 5.41) is 12.0. The molecule has 156 valence electrons. The van der Waals surface area contributed by atoms with Crippen molar-refractivity contribution in [3.63, 3.8) is 0 Å². The van der Waals surface area contributed by atoms with E-state index in [1.807, 2.05) is 31.5 Å². The molecule has 0 spiro atoms. The van der Waals surface area contributed by atoms with Crippen molar-refractivity contribution < 1.29 is 4.74 Å². The molecule has 4 atom stereocenters. The van der Waals surface area contributed by atoms with Gasteiger partial charge in [0.25, 0.3) is 0 Å². The van der Waals surface area contributed by atoms with Crippen molar-refractivity contribution in [1.82, 2.24) is 25.0 Å². The highest BCUT2D eigenvalue weighted by molar-refractivity contribution is 5.35. The lowest BCUT2D eigenvalue weighted by Gasteiger charge is -2.37. The molecule has 2 aromatic heterocycles. The van der Waals surface area contributed by atoms with Gasteiger partial charge < -0.3 is 15.4 Å². The van der Waals surface area contributed by atoms with Crippen molar-refractivity contribution >= 4 is 5.82 Å². The summed E-state index contributed by atoms with van der Waals surface area (Å²) < 4.78 is 8.07.